The van der Waals surface area contributed by atoms with Gasteiger partial charge in [0.1, 0.15) is 0 Å². The molecule has 5 nitrogen and oxygen atoms in total. The number of amides is 1. The van der Waals surface area contributed by atoms with E-state index in [-0.39, 0.29) is 5.91 Å². The topological polar surface area (TPSA) is 50.2 Å². The van der Waals surface area contributed by atoms with Crippen LogP contribution in [0.5, 0.6) is 0 Å². The van der Waals surface area contributed by atoms with Gasteiger partial charge in [-0.25, -0.2) is 0 Å². The molecule has 0 aliphatic heterocycles. The molecular weight excluding hydrogens is 308 g/mol. The van der Waals surface area contributed by atoms with E-state index in [2.05, 4.69) is 10.4 Å². The van der Waals surface area contributed by atoms with E-state index in [0.29, 0.717) is 5.69 Å². The van der Waals surface area contributed by atoms with Crippen LogP contribution in [0.25, 0.3) is 10.6 Å². The predicted molar refractivity (Wildman–Crippen MR) is 95.2 cm³/mol. The molecule has 118 valence electrons. The first kappa shape index (κ1) is 15.3. The van der Waals surface area contributed by atoms with Crippen LogP contribution in [0.1, 0.15) is 10.5 Å². The Morgan fingerprint density at radius 2 is 1.96 bits per heavy atom. The molecule has 2 aromatic heterocycles. The van der Waals surface area contributed by atoms with Gasteiger partial charge in [0.05, 0.1) is 10.6 Å². The Balaban J connectivity index is 1.77. The predicted octanol–water partition coefficient (Wildman–Crippen LogP) is 3.47. The van der Waals surface area contributed by atoms with Gasteiger partial charge in [-0.2, -0.15) is 5.10 Å². The van der Waals surface area contributed by atoms with E-state index in [1.54, 1.807) is 16.0 Å². The molecule has 1 N–H and O–H groups in total. The van der Waals surface area contributed by atoms with Crippen LogP contribution in [-0.4, -0.2) is 29.8 Å². The SMILES string of the molecule is CN(C)c1ccc(NC(=O)c2cc(-c3cccs3)n(C)n2)cc1. The number of nitrogens with one attached hydrogen (secondary N) is 1. The van der Waals surface area contributed by atoms with Crippen molar-refractivity contribution in [3.63, 3.8) is 0 Å². The van der Waals surface area contributed by atoms with Gasteiger partial charge in [0.25, 0.3) is 5.91 Å². The van der Waals surface area contributed by atoms with Crippen molar-refractivity contribution in [1.29, 1.82) is 0 Å². The maximum Gasteiger partial charge on any atom is 0.276 e. The van der Waals surface area contributed by atoms with E-state index in [1.165, 1.54) is 0 Å². The largest absolute Gasteiger partial charge is 0.378 e. The maximum absolute atomic E-state index is 12.4. The molecule has 3 aromatic rings. The lowest BCUT2D eigenvalue weighted by Crippen LogP contribution is -2.13. The van der Waals surface area contributed by atoms with Crippen LogP contribution in [0, 0.1) is 0 Å². The summed E-state index contributed by atoms with van der Waals surface area (Å²) >= 11 is 1.63. The molecule has 0 aliphatic carbocycles. The van der Waals surface area contributed by atoms with Crippen molar-refractivity contribution in [3.8, 4) is 10.6 Å². The van der Waals surface area contributed by atoms with E-state index in [0.717, 1.165) is 21.9 Å². The molecule has 0 saturated carbocycles. The van der Waals surface area contributed by atoms with Crippen molar-refractivity contribution >= 4 is 28.6 Å². The van der Waals surface area contributed by atoms with Crippen LogP contribution in [0.15, 0.2) is 47.8 Å². The van der Waals surface area contributed by atoms with Gasteiger partial charge in [-0.05, 0) is 41.8 Å². The zero-order valence-electron chi connectivity index (χ0n) is 13.3. The number of hydrogen-bond donors (Lipinski definition) is 1. The number of aromatic nitrogens is 2. The van der Waals surface area contributed by atoms with Gasteiger partial charge in [0.15, 0.2) is 5.69 Å². The lowest BCUT2D eigenvalue weighted by Gasteiger charge is -2.12. The molecule has 0 aliphatic rings. The number of anilines is 2. The average Bonchev–Trinajstić information content (AvgIpc) is 3.16. The molecular formula is C17H18N4OS. The van der Waals surface area contributed by atoms with Crippen molar-refractivity contribution in [2.75, 3.05) is 24.3 Å². The number of rotatable bonds is 4. The molecule has 0 spiro atoms. The lowest BCUT2D eigenvalue weighted by atomic mass is 10.2. The second-order valence-electron chi connectivity index (χ2n) is 5.41. The molecule has 1 amide bonds. The van der Waals surface area contributed by atoms with E-state index in [1.807, 2.05) is 73.9 Å². The lowest BCUT2D eigenvalue weighted by molar-refractivity contribution is 0.102. The monoisotopic (exact) mass is 326 g/mol. The summed E-state index contributed by atoms with van der Waals surface area (Å²) in [6.45, 7) is 0. The first-order valence-electron chi connectivity index (χ1n) is 7.21. The van der Waals surface area contributed by atoms with Crippen LogP contribution >= 0.6 is 11.3 Å². The number of hydrogen-bond acceptors (Lipinski definition) is 4. The fourth-order valence-corrected chi connectivity index (χ4v) is 3.04. The Labute approximate surface area is 139 Å². The third-order valence-corrected chi connectivity index (χ3v) is 4.42. The highest BCUT2D eigenvalue weighted by molar-refractivity contribution is 7.13. The molecule has 0 atom stereocenters. The highest BCUT2D eigenvalue weighted by Crippen LogP contribution is 2.25. The Hall–Kier alpha value is -2.60. The smallest absolute Gasteiger partial charge is 0.276 e. The van der Waals surface area contributed by atoms with Crippen molar-refractivity contribution in [2.45, 2.75) is 0 Å². The summed E-state index contributed by atoms with van der Waals surface area (Å²) in [6.07, 6.45) is 0. The normalized spacial score (nSPS) is 10.6. The summed E-state index contributed by atoms with van der Waals surface area (Å²) in [7, 11) is 5.80. The zero-order chi connectivity index (χ0) is 16.4. The summed E-state index contributed by atoms with van der Waals surface area (Å²) in [6, 6.07) is 13.5. The first-order chi connectivity index (χ1) is 11.0. The van der Waals surface area contributed by atoms with E-state index < -0.39 is 0 Å². The molecule has 1 aromatic carbocycles. The molecule has 6 heteroatoms. The Kier molecular flexibility index (Phi) is 4.16. The van der Waals surface area contributed by atoms with E-state index in [9.17, 15) is 4.79 Å². The standard InChI is InChI=1S/C17H18N4OS/c1-20(2)13-8-6-12(7-9-13)18-17(22)14-11-15(21(3)19-14)16-5-4-10-23-16/h4-11H,1-3H3,(H,18,22). The fourth-order valence-electron chi connectivity index (χ4n) is 2.27. The van der Waals surface area contributed by atoms with Gasteiger partial charge in [-0.15, -0.1) is 11.3 Å². The molecule has 23 heavy (non-hydrogen) atoms. The van der Waals surface area contributed by atoms with Crippen LogP contribution in [-0.2, 0) is 7.05 Å². The quantitative estimate of drug-likeness (QED) is 0.799. The first-order valence-corrected chi connectivity index (χ1v) is 8.09. The third-order valence-electron chi connectivity index (χ3n) is 3.53. The third kappa shape index (κ3) is 3.27. The van der Waals surface area contributed by atoms with E-state index >= 15 is 0 Å². The Morgan fingerprint density at radius 3 is 2.57 bits per heavy atom. The number of carbonyl (C=O) groups is 1. The van der Waals surface area contributed by atoms with Crippen LogP contribution in [0.4, 0.5) is 11.4 Å². The van der Waals surface area contributed by atoms with Gasteiger partial charge in [-0.3, -0.25) is 9.48 Å². The fraction of sp³-hybridized carbons (Fsp3) is 0.176. The number of carbonyl (C=O) groups excluding carboxylic acids is 1. The average molecular weight is 326 g/mol. The van der Waals surface area contributed by atoms with Gasteiger partial charge in [-0.1, -0.05) is 6.07 Å². The highest BCUT2D eigenvalue weighted by Gasteiger charge is 2.14. The minimum absolute atomic E-state index is 0.207. The second kappa shape index (κ2) is 6.26. The van der Waals surface area contributed by atoms with Crippen molar-refractivity contribution in [3.05, 3.63) is 53.5 Å². The van der Waals surface area contributed by atoms with Crippen molar-refractivity contribution < 1.29 is 4.79 Å². The zero-order valence-corrected chi connectivity index (χ0v) is 14.1. The van der Waals surface area contributed by atoms with Crippen molar-refractivity contribution in [1.82, 2.24) is 9.78 Å². The van der Waals surface area contributed by atoms with Crippen LogP contribution in [0.3, 0.4) is 0 Å². The molecule has 2 heterocycles. The summed E-state index contributed by atoms with van der Waals surface area (Å²) in [4.78, 5) is 15.5. The summed E-state index contributed by atoms with van der Waals surface area (Å²) < 4.78 is 1.73. The second-order valence-corrected chi connectivity index (χ2v) is 6.36. The molecule has 0 bridgehead atoms. The molecule has 3 rings (SSSR count). The molecule has 0 fully saturated rings. The van der Waals surface area contributed by atoms with E-state index in [4.69, 9.17) is 0 Å². The summed E-state index contributed by atoms with van der Waals surface area (Å²) in [5.41, 5.74) is 3.19. The van der Waals surface area contributed by atoms with Gasteiger partial charge < -0.3 is 10.2 Å². The minimum atomic E-state index is -0.207. The number of benzene rings is 1. The Morgan fingerprint density at radius 1 is 1.22 bits per heavy atom. The Bertz CT molecular complexity index is 804. The number of nitrogens with zero attached hydrogens (tertiary/aromatic N) is 3. The van der Waals surface area contributed by atoms with Gasteiger partial charge in [0.2, 0.25) is 0 Å². The summed E-state index contributed by atoms with van der Waals surface area (Å²) in [5, 5.41) is 9.20. The maximum atomic E-state index is 12.4. The van der Waals surface area contributed by atoms with Crippen LogP contribution in [0.2, 0.25) is 0 Å². The molecule has 0 saturated heterocycles. The summed E-state index contributed by atoms with van der Waals surface area (Å²) in [5.74, 6) is -0.207. The molecule has 0 radical (unpaired) electrons. The minimum Gasteiger partial charge on any atom is -0.378 e. The van der Waals surface area contributed by atoms with Crippen LogP contribution < -0.4 is 10.2 Å². The number of thiophene rings is 1. The number of aryl methyl sites for hydroxylation is 1. The van der Waals surface area contributed by atoms with Gasteiger partial charge in [0, 0.05) is 32.5 Å². The molecule has 0 unspecified atom stereocenters. The van der Waals surface area contributed by atoms with Gasteiger partial charge >= 0.3 is 0 Å². The highest BCUT2D eigenvalue weighted by atomic mass is 32.1. The van der Waals surface area contributed by atoms with Crippen molar-refractivity contribution in [2.24, 2.45) is 7.05 Å².